The standard InChI is InChI=1S/C26H28N2O3/c1-18(2)23(27-25(29)21-16-10-11-17-22(21)31-3)26(30)28-24(19-12-6-4-7-13-19)20-14-8-5-9-15-20/h4-18,23-24H,1-3H3,(H,27,29)(H,28,30). The van der Waals surface area contributed by atoms with E-state index in [0.29, 0.717) is 11.3 Å². The quantitative estimate of drug-likeness (QED) is 0.574. The van der Waals surface area contributed by atoms with E-state index < -0.39 is 6.04 Å². The fraction of sp³-hybridized carbons (Fsp3) is 0.231. The van der Waals surface area contributed by atoms with Crippen LogP contribution in [-0.4, -0.2) is 25.0 Å². The maximum absolute atomic E-state index is 13.3. The SMILES string of the molecule is COc1ccccc1C(=O)NC(C(=O)NC(c1ccccc1)c1ccccc1)C(C)C. The Hall–Kier alpha value is -3.60. The largest absolute Gasteiger partial charge is 0.496 e. The molecule has 1 unspecified atom stereocenters. The van der Waals surface area contributed by atoms with E-state index in [9.17, 15) is 9.59 Å². The first kappa shape index (κ1) is 22.1. The molecule has 0 saturated carbocycles. The zero-order valence-electron chi connectivity index (χ0n) is 18.0. The van der Waals surface area contributed by atoms with Crippen LogP contribution in [0.3, 0.4) is 0 Å². The molecular formula is C26H28N2O3. The molecule has 0 heterocycles. The van der Waals surface area contributed by atoms with Gasteiger partial charge in [0.05, 0.1) is 18.7 Å². The maximum atomic E-state index is 13.3. The van der Waals surface area contributed by atoms with Crippen molar-refractivity contribution in [2.45, 2.75) is 25.9 Å². The Kier molecular flexibility index (Phi) is 7.44. The third-order valence-electron chi connectivity index (χ3n) is 5.14. The molecule has 0 aromatic heterocycles. The van der Waals surface area contributed by atoms with Crippen LogP contribution in [0.1, 0.15) is 41.4 Å². The molecule has 0 aliphatic heterocycles. The van der Waals surface area contributed by atoms with Gasteiger partial charge >= 0.3 is 0 Å². The van der Waals surface area contributed by atoms with Crippen LogP contribution in [-0.2, 0) is 4.79 Å². The van der Waals surface area contributed by atoms with Crippen molar-refractivity contribution in [2.75, 3.05) is 7.11 Å². The third-order valence-corrected chi connectivity index (χ3v) is 5.14. The molecule has 0 saturated heterocycles. The molecule has 0 aliphatic rings. The number of para-hydroxylation sites is 1. The van der Waals surface area contributed by atoms with E-state index in [0.717, 1.165) is 11.1 Å². The molecule has 0 fully saturated rings. The summed E-state index contributed by atoms with van der Waals surface area (Å²) in [4.78, 5) is 26.2. The average molecular weight is 417 g/mol. The normalized spacial score (nSPS) is 11.8. The molecule has 3 aromatic rings. The molecule has 5 heteroatoms. The van der Waals surface area contributed by atoms with Crippen LogP contribution in [0.4, 0.5) is 0 Å². The highest BCUT2D eigenvalue weighted by Gasteiger charge is 2.28. The van der Waals surface area contributed by atoms with Gasteiger partial charge in [-0.1, -0.05) is 86.6 Å². The fourth-order valence-corrected chi connectivity index (χ4v) is 3.47. The summed E-state index contributed by atoms with van der Waals surface area (Å²) in [6, 6.07) is 25.5. The Bertz CT molecular complexity index is 964. The first-order valence-electron chi connectivity index (χ1n) is 10.4. The lowest BCUT2D eigenvalue weighted by atomic mass is 9.96. The summed E-state index contributed by atoms with van der Waals surface area (Å²) >= 11 is 0. The number of carbonyl (C=O) groups is 2. The van der Waals surface area contributed by atoms with Gasteiger partial charge in [-0.25, -0.2) is 0 Å². The topological polar surface area (TPSA) is 67.4 Å². The molecule has 0 radical (unpaired) electrons. The van der Waals surface area contributed by atoms with Gasteiger partial charge in [0.2, 0.25) is 5.91 Å². The van der Waals surface area contributed by atoms with Crippen LogP contribution in [0.2, 0.25) is 0 Å². The van der Waals surface area contributed by atoms with Crippen LogP contribution in [0, 0.1) is 5.92 Å². The van der Waals surface area contributed by atoms with Crippen molar-refractivity contribution < 1.29 is 14.3 Å². The van der Waals surface area contributed by atoms with Crippen LogP contribution in [0.5, 0.6) is 5.75 Å². The van der Waals surface area contributed by atoms with Crippen LogP contribution >= 0.6 is 0 Å². The monoisotopic (exact) mass is 416 g/mol. The Morgan fingerprint density at radius 2 is 1.26 bits per heavy atom. The number of nitrogens with one attached hydrogen (secondary N) is 2. The lowest BCUT2D eigenvalue weighted by Crippen LogP contribution is -2.50. The number of hydrogen-bond acceptors (Lipinski definition) is 3. The molecule has 5 nitrogen and oxygen atoms in total. The molecule has 0 spiro atoms. The highest BCUT2D eigenvalue weighted by Crippen LogP contribution is 2.23. The average Bonchev–Trinajstić information content (AvgIpc) is 2.81. The Balaban J connectivity index is 1.84. The van der Waals surface area contributed by atoms with E-state index in [1.165, 1.54) is 7.11 Å². The van der Waals surface area contributed by atoms with E-state index in [1.807, 2.05) is 74.5 Å². The molecule has 3 rings (SSSR count). The summed E-state index contributed by atoms with van der Waals surface area (Å²) in [6.45, 7) is 3.82. The minimum atomic E-state index is -0.702. The number of amides is 2. The van der Waals surface area contributed by atoms with E-state index in [-0.39, 0.29) is 23.8 Å². The molecule has 3 aromatic carbocycles. The minimum absolute atomic E-state index is 0.106. The zero-order chi connectivity index (χ0) is 22.2. The predicted molar refractivity (Wildman–Crippen MR) is 122 cm³/mol. The van der Waals surface area contributed by atoms with Gasteiger partial charge in [-0.05, 0) is 29.2 Å². The Morgan fingerprint density at radius 1 is 0.742 bits per heavy atom. The van der Waals surface area contributed by atoms with E-state index in [1.54, 1.807) is 24.3 Å². The van der Waals surface area contributed by atoms with E-state index in [4.69, 9.17) is 4.74 Å². The first-order valence-corrected chi connectivity index (χ1v) is 10.4. The highest BCUT2D eigenvalue weighted by molar-refractivity contribution is 5.99. The van der Waals surface area contributed by atoms with E-state index >= 15 is 0 Å². The van der Waals surface area contributed by atoms with Gasteiger partial charge in [0.1, 0.15) is 11.8 Å². The van der Waals surface area contributed by atoms with Crippen LogP contribution in [0.25, 0.3) is 0 Å². The predicted octanol–water partition coefficient (Wildman–Crippen LogP) is 4.36. The molecule has 0 aliphatic carbocycles. The lowest BCUT2D eigenvalue weighted by Gasteiger charge is -2.26. The zero-order valence-corrected chi connectivity index (χ0v) is 18.0. The molecule has 160 valence electrons. The second-order valence-electron chi connectivity index (χ2n) is 7.66. The van der Waals surface area contributed by atoms with Gasteiger partial charge in [0.25, 0.3) is 5.91 Å². The molecule has 31 heavy (non-hydrogen) atoms. The number of carbonyl (C=O) groups excluding carboxylic acids is 2. The van der Waals surface area contributed by atoms with Gasteiger partial charge in [-0.15, -0.1) is 0 Å². The number of rotatable bonds is 8. The summed E-state index contributed by atoms with van der Waals surface area (Å²) in [5.74, 6) is -0.224. The minimum Gasteiger partial charge on any atom is -0.496 e. The molecule has 2 N–H and O–H groups in total. The van der Waals surface area contributed by atoms with E-state index in [2.05, 4.69) is 10.6 Å². The van der Waals surface area contributed by atoms with Gasteiger partial charge in [0.15, 0.2) is 0 Å². The summed E-state index contributed by atoms with van der Waals surface area (Å²) in [7, 11) is 1.52. The van der Waals surface area contributed by atoms with Gasteiger partial charge < -0.3 is 15.4 Å². The number of hydrogen-bond donors (Lipinski definition) is 2. The fourth-order valence-electron chi connectivity index (χ4n) is 3.47. The van der Waals surface area contributed by atoms with Crippen LogP contribution in [0.15, 0.2) is 84.9 Å². The Labute approximate surface area is 183 Å². The second kappa shape index (κ2) is 10.4. The molecule has 1 atom stereocenters. The second-order valence-corrected chi connectivity index (χ2v) is 7.66. The first-order chi connectivity index (χ1) is 15.0. The molecular weight excluding hydrogens is 388 g/mol. The smallest absolute Gasteiger partial charge is 0.255 e. The number of ether oxygens (including phenoxy) is 1. The summed E-state index contributed by atoms with van der Waals surface area (Å²) in [5.41, 5.74) is 2.34. The Morgan fingerprint density at radius 3 is 1.77 bits per heavy atom. The van der Waals surface area contributed by atoms with Crippen molar-refractivity contribution in [3.05, 3.63) is 102 Å². The highest BCUT2D eigenvalue weighted by atomic mass is 16.5. The third kappa shape index (κ3) is 5.51. The van der Waals surface area contributed by atoms with Crippen molar-refractivity contribution in [1.29, 1.82) is 0 Å². The summed E-state index contributed by atoms with van der Waals surface area (Å²) < 4.78 is 5.29. The number of benzene rings is 3. The summed E-state index contributed by atoms with van der Waals surface area (Å²) in [5, 5.41) is 6.02. The molecule has 2 amide bonds. The number of methoxy groups -OCH3 is 1. The molecule has 0 bridgehead atoms. The maximum Gasteiger partial charge on any atom is 0.255 e. The van der Waals surface area contributed by atoms with Crippen molar-refractivity contribution >= 4 is 11.8 Å². The van der Waals surface area contributed by atoms with Crippen molar-refractivity contribution in [2.24, 2.45) is 5.92 Å². The van der Waals surface area contributed by atoms with Crippen molar-refractivity contribution in [3.63, 3.8) is 0 Å². The lowest BCUT2D eigenvalue weighted by molar-refractivity contribution is -0.124. The van der Waals surface area contributed by atoms with Gasteiger partial charge in [-0.2, -0.15) is 0 Å². The van der Waals surface area contributed by atoms with Crippen molar-refractivity contribution in [3.8, 4) is 5.75 Å². The van der Waals surface area contributed by atoms with Gasteiger partial charge in [0, 0.05) is 0 Å². The van der Waals surface area contributed by atoms with Crippen molar-refractivity contribution in [1.82, 2.24) is 10.6 Å². The summed E-state index contributed by atoms with van der Waals surface area (Å²) in [6.07, 6.45) is 0. The van der Waals surface area contributed by atoms with Crippen LogP contribution < -0.4 is 15.4 Å². The van der Waals surface area contributed by atoms with Gasteiger partial charge in [-0.3, -0.25) is 9.59 Å².